The highest BCUT2D eigenvalue weighted by Gasteiger charge is 2.19. The highest BCUT2D eigenvalue weighted by atomic mass is 16.6. The Hall–Kier alpha value is -2.89. The molecule has 0 heterocycles. The Morgan fingerprint density at radius 1 is 0.292 bits per heavy atom. The molecule has 0 fully saturated rings. The van der Waals surface area contributed by atoms with Crippen LogP contribution in [0.3, 0.4) is 0 Å². The monoisotopic (exact) mass is 1010 g/mol. The molecule has 6 heteroatoms. The van der Waals surface area contributed by atoms with Crippen molar-refractivity contribution >= 4 is 17.9 Å². The summed E-state index contributed by atoms with van der Waals surface area (Å²) in [4.78, 5) is 38.0. The van der Waals surface area contributed by atoms with Crippen molar-refractivity contribution < 1.29 is 28.6 Å². The van der Waals surface area contributed by atoms with Gasteiger partial charge >= 0.3 is 17.9 Å². The van der Waals surface area contributed by atoms with Crippen molar-refractivity contribution in [3.63, 3.8) is 0 Å². The first-order chi connectivity index (χ1) is 35.5. The van der Waals surface area contributed by atoms with Gasteiger partial charge in [0.25, 0.3) is 0 Å². The molecule has 0 radical (unpaired) electrons. The van der Waals surface area contributed by atoms with Gasteiger partial charge in [-0.15, -0.1) is 0 Å². The molecule has 6 nitrogen and oxygen atoms in total. The first kappa shape index (κ1) is 69.1. The van der Waals surface area contributed by atoms with Crippen LogP contribution in [0, 0.1) is 0 Å². The zero-order valence-electron chi connectivity index (χ0n) is 47.9. The van der Waals surface area contributed by atoms with Gasteiger partial charge in [0.05, 0.1) is 0 Å². The number of carbonyl (C=O) groups excluding carboxylic acids is 3. The SMILES string of the molecule is CC/C=C\C/C=C\C/C=C\C/C=C\CCCCCCC(=O)OC(COC(=O)CCCCCCCCCC)COC(=O)CCCCCCCCCCCCCCCCCCC/C=C\CCCCCCCCCC. The van der Waals surface area contributed by atoms with E-state index in [0.717, 1.165) is 96.3 Å². The van der Waals surface area contributed by atoms with Gasteiger partial charge in [-0.05, 0) is 83.5 Å². The van der Waals surface area contributed by atoms with E-state index in [1.165, 1.54) is 186 Å². The van der Waals surface area contributed by atoms with E-state index in [4.69, 9.17) is 14.2 Å². The van der Waals surface area contributed by atoms with Crippen LogP contribution in [0.25, 0.3) is 0 Å². The lowest BCUT2D eigenvalue weighted by Crippen LogP contribution is -2.30. The van der Waals surface area contributed by atoms with Crippen LogP contribution in [0.2, 0.25) is 0 Å². The Labute approximate surface area is 447 Å². The van der Waals surface area contributed by atoms with Crippen LogP contribution < -0.4 is 0 Å². The minimum atomic E-state index is -0.783. The fraction of sp³-hybridized carbons (Fsp3) is 0.803. The first-order valence-electron chi connectivity index (χ1n) is 31.3. The molecule has 0 amide bonds. The molecular weight excluding hydrogens is 889 g/mol. The van der Waals surface area contributed by atoms with Crippen molar-refractivity contribution in [1.82, 2.24) is 0 Å². The molecule has 0 aliphatic carbocycles. The van der Waals surface area contributed by atoms with E-state index >= 15 is 0 Å². The summed E-state index contributed by atoms with van der Waals surface area (Å²) in [5.74, 6) is -0.896. The molecule has 1 atom stereocenters. The molecule has 0 bridgehead atoms. The van der Waals surface area contributed by atoms with Gasteiger partial charge in [-0.3, -0.25) is 14.4 Å². The Balaban J connectivity index is 4.10. The largest absolute Gasteiger partial charge is 0.462 e. The van der Waals surface area contributed by atoms with Gasteiger partial charge in [0.1, 0.15) is 13.2 Å². The molecule has 1 unspecified atom stereocenters. The maximum atomic E-state index is 12.8. The molecule has 0 aromatic carbocycles. The number of esters is 3. The third-order valence-corrected chi connectivity index (χ3v) is 13.8. The predicted molar refractivity (Wildman–Crippen MR) is 312 cm³/mol. The molecule has 72 heavy (non-hydrogen) atoms. The van der Waals surface area contributed by atoms with Crippen LogP contribution >= 0.6 is 0 Å². The Bertz CT molecular complexity index is 1290. The number of hydrogen-bond donors (Lipinski definition) is 0. The molecule has 0 aliphatic rings. The van der Waals surface area contributed by atoms with Crippen LogP contribution in [-0.4, -0.2) is 37.2 Å². The summed E-state index contributed by atoms with van der Waals surface area (Å²) in [6.45, 7) is 6.51. The molecule has 0 aliphatic heterocycles. The summed E-state index contributed by atoms with van der Waals surface area (Å²) < 4.78 is 16.8. The Morgan fingerprint density at radius 2 is 0.542 bits per heavy atom. The number of hydrogen-bond acceptors (Lipinski definition) is 6. The normalized spacial score (nSPS) is 12.4. The van der Waals surface area contributed by atoms with Gasteiger partial charge in [-0.25, -0.2) is 0 Å². The number of ether oxygens (including phenoxy) is 3. The summed E-state index contributed by atoms with van der Waals surface area (Å²) in [6, 6.07) is 0. The highest BCUT2D eigenvalue weighted by Crippen LogP contribution is 2.17. The van der Waals surface area contributed by atoms with E-state index in [0.29, 0.717) is 19.3 Å². The zero-order valence-corrected chi connectivity index (χ0v) is 47.9. The summed E-state index contributed by atoms with van der Waals surface area (Å²) in [5.41, 5.74) is 0. The summed E-state index contributed by atoms with van der Waals surface area (Å²) in [6.07, 6.45) is 76.9. The second kappa shape index (κ2) is 60.7. The second-order valence-corrected chi connectivity index (χ2v) is 20.9. The van der Waals surface area contributed by atoms with Crippen molar-refractivity contribution in [2.24, 2.45) is 0 Å². The van der Waals surface area contributed by atoms with Crippen molar-refractivity contribution in [3.05, 3.63) is 60.8 Å². The van der Waals surface area contributed by atoms with Gasteiger partial charge in [-0.1, -0.05) is 281 Å². The smallest absolute Gasteiger partial charge is 0.306 e. The van der Waals surface area contributed by atoms with Gasteiger partial charge in [0.2, 0.25) is 0 Å². The van der Waals surface area contributed by atoms with Crippen molar-refractivity contribution in [2.75, 3.05) is 13.2 Å². The molecule has 0 aromatic heterocycles. The van der Waals surface area contributed by atoms with Crippen molar-refractivity contribution in [3.8, 4) is 0 Å². The van der Waals surface area contributed by atoms with E-state index in [1.54, 1.807) is 0 Å². The molecular formula is C66H118O6. The maximum Gasteiger partial charge on any atom is 0.306 e. The van der Waals surface area contributed by atoms with E-state index in [1.807, 2.05) is 0 Å². The maximum absolute atomic E-state index is 12.8. The standard InChI is InChI=1S/C66H118O6/c1-4-7-10-13-16-19-21-23-25-27-28-29-30-31-32-33-34-35-36-37-38-40-41-43-45-47-50-53-56-59-65(68)71-62-63(61-70-64(67)58-55-52-49-18-15-12-9-6-3)72-66(69)60-57-54-51-48-46-44-42-39-26-24-22-20-17-14-11-8-5-2/h8,11,17,20,24,26-28,42,44,63H,4-7,9-10,12-16,18-19,21-23,25,29-41,43,45-62H2,1-3H3/b11-8-,20-17-,26-24-,28-27-,44-42-. The minimum Gasteiger partial charge on any atom is -0.462 e. The average molecular weight is 1010 g/mol. The fourth-order valence-corrected chi connectivity index (χ4v) is 9.08. The van der Waals surface area contributed by atoms with Crippen LogP contribution in [0.4, 0.5) is 0 Å². The summed E-state index contributed by atoms with van der Waals surface area (Å²) in [7, 11) is 0. The topological polar surface area (TPSA) is 78.9 Å². The average Bonchev–Trinajstić information content (AvgIpc) is 3.38. The van der Waals surface area contributed by atoms with Gasteiger partial charge in [0, 0.05) is 19.3 Å². The lowest BCUT2D eigenvalue weighted by Gasteiger charge is -2.18. The summed E-state index contributed by atoms with van der Waals surface area (Å²) >= 11 is 0. The highest BCUT2D eigenvalue weighted by molar-refractivity contribution is 5.71. The molecule has 0 saturated carbocycles. The lowest BCUT2D eigenvalue weighted by atomic mass is 10.0. The van der Waals surface area contributed by atoms with E-state index in [9.17, 15) is 14.4 Å². The van der Waals surface area contributed by atoms with E-state index in [2.05, 4.69) is 81.5 Å². The summed E-state index contributed by atoms with van der Waals surface area (Å²) in [5, 5.41) is 0. The molecule has 0 spiro atoms. The fourth-order valence-electron chi connectivity index (χ4n) is 9.08. The van der Waals surface area contributed by atoms with Crippen molar-refractivity contribution in [2.45, 2.75) is 329 Å². The van der Waals surface area contributed by atoms with E-state index in [-0.39, 0.29) is 31.1 Å². The zero-order chi connectivity index (χ0) is 52.2. The van der Waals surface area contributed by atoms with Crippen LogP contribution in [0.5, 0.6) is 0 Å². The van der Waals surface area contributed by atoms with Crippen LogP contribution in [0.15, 0.2) is 60.8 Å². The van der Waals surface area contributed by atoms with Gasteiger partial charge < -0.3 is 14.2 Å². The minimum absolute atomic E-state index is 0.0811. The number of allylic oxidation sites excluding steroid dienone is 10. The third-order valence-electron chi connectivity index (χ3n) is 13.8. The van der Waals surface area contributed by atoms with Gasteiger partial charge in [0.15, 0.2) is 6.10 Å². The quantitative estimate of drug-likeness (QED) is 0.0261. The Morgan fingerprint density at radius 3 is 0.861 bits per heavy atom. The number of carbonyl (C=O) groups is 3. The Kier molecular flexibility index (Phi) is 58.2. The first-order valence-corrected chi connectivity index (χ1v) is 31.3. The van der Waals surface area contributed by atoms with Crippen molar-refractivity contribution in [1.29, 1.82) is 0 Å². The predicted octanol–water partition coefficient (Wildman–Crippen LogP) is 21.2. The van der Waals surface area contributed by atoms with Gasteiger partial charge in [-0.2, -0.15) is 0 Å². The third kappa shape index (κ3) is 58.0. The molecule has 0 N–H and O–H groups in total. The molecule has 418 valence electrons. The molecule has 0 saturated heterocycles. The van der Waals surface area contributed by atoms with Crippen LogP contribution in [0.1, 0.15) is 323 Å². The number of rotatable bonds is 57. The lowest BCUT2D eigenvalue weighted by molar-refractivity contribution is -0.167. The van der Waals surface area contributed by atoms with Crippen LogP contribution in [-0.2, 0) is 28.6 Å². The molecule has 0 aromatic rings. The second-order valence-electron chi connectivity index (χ2n) is 20.9. The van der Waals surface area contributed by atoms with E-state index < -0.39 is 6.10 Å². The molecule has 0 rings (SSSR count). The number of unbranched alkanes of at least 4 members (excludes halogenated alkanes) is 36.